The summed E-state index contributed by atoms with van der Waals surface area (Å²) in [7, 11) is 0. The van der Waals surface area contributed by atoms with Crippen molar-refractivity contribution in [3.8, 4) is 11.5 Å². The van der Waals surface area contributed by atoms with E-state index in [-0.39, 0.29) is 18.7 Å². The standard InChI is InChI=1S/C16H22N2O4/c1-4-7-17-16(20-9-11(2)3)18-15(19)12-5-6-13-14(8-12)22-10-21-13/h5-6,8,11H,4,7,9-10H2,1-3H3,(H,17,18,19). The van der Waals surface area contributed by atoms with Gasteiger partial charge in [0.2, 0.25) is 6.79 Å². The number of carbonyl (C=O) groups is 1. The third kappa shape index (κ3) is 4.38. The normalized spacial score (nSPS) is 13.4. The summed E-state index contributed by atoms with van der Waals surface area (Å²) >= 11 is 0. The third-order valence-electron chi connectivity index (χ3n) is 2.89. The lowest BCUT2D eigenvalue weighted by Crippen LogP contribution is -2.33. The van der Waals surface area contributed by atoms with Crippen LogP contribution in [0, 0.1) is 5.92 Å². The van der Waals surface area contributed by atoms with E-state index in [0.717, 1.165) is 6.42 Å². The smallest absolute Gasteiger partial charge is 0.291 e. The van der Waals surface area contributed by atoms with E-state index in [2.05, 4.69) is 10.3 Å². The van der Waals surface area contributed by atoms with Gasteiger partial charge in [-0.2, -0.15) is 0 Å². The van der Waals surface area contributed by atoms with Gasteiger partial charge >= 0.3 is 0 Å². The van der Waals surface area contributed by atoms with E-state index in [4.69, 9.17) is 14.2 Å². The van der Waals surface area contributed by atoms with E-state index in [1.807, 2.05) is 20.8 Å². The fourth-order valence-corrected chi connectivity index (χ4v) is 1.79. The summed E-state index contributed by atoms with van der Waals surface area (Å²) in [6.07, 6.45) is 0.883. The number of amidine groups is 1. The second kappa shape index (κ2) is 7.68. The average Bonchev–Trinajstić information content (AvgIpc) is 2.97. The molecule has 0 fully saturated rings. The summed E-state index contributed by atoms with van der Waals surface area (Å²) in [4.78, 5) is 16.6. The summed E-state index contributed by atoms with van der Waals surface area (Å²) in [5, 5.41) is 2.71. The topological polar surface area (TPSA) is 69.2 Å². The molecule has 1 aromatic rings. The van der Waals surface area contributed by atoms with Gasteiger partial charge in [0.25, 0.3) is 11.9 Å². The number of hydrogen-bond acceptors (Lipinski definition) is 5. The van der Waals surface area contributed by atoms with Gasteiger partial charge in [0.15, 0.2) is 11.5 Å². The van der Waals surface area contributed by atoms with E-state index in [1.54, 1.807) is 18.2 Å². The highest BCUT2D eigenvalue weighted by atomic mass is 16.7. The summed E-state index contributed by atoms with van der Waals surface area (Å²) in [5.41, 5.74) is 0.474. The Kier molecular flexibility index (Phi) is 5.63. The van der Waals surface area contributed by atoms with Crippen LogP contribution in [-0.2, 0) is 4.74 Å². The predicted octanol–water partition coefficient (Wildman–Crippen LogP) is 2.58. The monoisotopic (exact) mass is 306 g/mol. The molecule has 1 amide bonds. The van der Waals surface area contributed by atoms with Crippen LogP contribution in [0.1, 0.15) is 37.6 Å². The summed E-state index contributed by atoms with van der Waals surface area (Å²) < 4.78 is 16.1. The first-order valence-corrected chi connectivity index (χ1v) is 7.48. The highest BCUT2D eigenvalue weighted by molar-refractivity contribution is 6.04. The molecule has 0 unspecified atom stereocenters. The fraction of sp³-hybridized carbons (Fsp3) is 0.500. The molecule has 1 heterocycles. The van der Waals surface area contributed by atoms with E-state index >= 15 is 0 Å². The first-order chi connectivity index (χ1) is 10.6. The minimum atomic E-state index is -0.281. The van der Waals surface area contributed by atoms with Crippen LogP contribution in [0.2, 0.25) is 0 Å². The highest BCUT2D eigenvalue weighted by Gasteiger charge is 2.17. The molecule has 0 saturated heterocycles. The molecule has 0 bridgehead atoms. The van der Waals surface area contributed by atoms with Crippen LogP contribution in [0.15, 0.2) is 23.2 Å². The lowest BCUT2D eigenvalue weighted by Gasteiger charge is -2.12. The zero-order valence-electron chi connectivity index (χ0n) is 13.2. The number of nitrogens with one attached hydrogen (secondary N) is 1. The van der Waals surface area contributed by atoms with Crippen molar-refractivity contribution in [1.82, 2.24) is 5.32 Å². The molecule has 2 rings (SSSR count). The Morgan fingerprint density at radius 2 is 2.14 bits per heavy atom. The Morgan fingerprint density at radius 3 is 2.86 bits per heavy atom. The number of benzene rings is 1. The maximum atomic E-state index is 12.3. The molecular formula is C16H22N2O4. The van der Waals surface area contributed by atoms with Gasteiger partial charge in [-0.1, -0.05) is 20.8 Å². The number of rotatable bonds is 5. The van der Waals surface area contributed by atoms with Crippen molar-refractivity contribution in [2.24, 2.45) is 10.9 Å². The van der Waals surface area contributed by atoms with Crippen LogP contribution >= 0.6 is 0 Å². The number of carbonyl (C=O) groups excluding carboxylic acids is 1. The third-order valence-corrected chi connectivity index (χ3v) is 2.89. The second-order valence-corrected chi connectivity index (χ2v) is 5.41. The molecule has 1 aliphatic rings. The molecule has 1 aliphatic heterocycles. The van der Waals surface area contributed by atoms with Crippen LogP contribution in [0.3, 0.4) is 0 Å². The molecule has 1 aromatic carbocycles. The Labute approximate surface area is 130 Å². The minimum Gasteiger partial charge on any atom is -0.465 e. The lowest BCUT2D eigenvalue weighted by molar-refractivity contribution is 0.0962. The molecule has 1 N–H and O–H groups in total. The van der Waals surface area contributed by atoms with E-state index in [9.17, 15) is 4.79 Å². The van der Waals surface area contributed by atoms with E-state index in [1.165, 1.54) is 0 Å². The molecule has 0 aromatic heterocycles. The van der Waals surface area contributed by atoms with Crippen molar-refractivity contribution >= 4 is 11.9 Å². The Balaban J connectivity index is 2.03. The van der Waals surface area contributed by atoms with Gasteiger partial charge in [-0.3, -0.25) is 10.1 Å². The van der Waals surface area contributed by atoms with Crippen LogP contribution in [0.4, 0.5) is 0 Å². The largest absolute Gasteiger partial charge is 0.465 e. The highest BCUT2D eigenvalue weighted by Crippen LogP contribution is 2.32. The molecule has 22 heavy (non-hydrogen) atoms. The molecule has 0 atom stereocenters. The van der Waals surface area contributed by atoms with Crippen molar-refractivity contribution in [2.45, 2.75) is 27.2 Å². The van der Waals surface area contributed by atoms with E-state index in [0.29, 0.717) is 36.1 Å². The number of aliphatic imine (C=N–C) groups is 1. The summed E-state index contributed by atoms with van der Waals surface area (Å²) in [6, 6.07) is 5.31. The van der Waals surface area contributed by atoms with Crippen molar-refractivity contribution in [1.29, 1.82) is 0 Å². The molecule has 0 saturated carbocycles. The van der Waals surface area contributed by atoms with Gasteiger partial charge in [-0.15, -0.1) is 0 Å². The maximum Gasteiger partial charge on any atom is 0.291 e. The number of fused-ring (bicyclic) bond motifs is 1. The van der Waals surface area contributed by atoms with E-state index < -0.39 is 0 Å². The zero-order chi connectivity index (χ0) is 15.9. The average molecular weight is 306 g/mol. The van der Waals surface area contributed by atoms with Crippen molar-refractivity contribution in [3.63, 3.8) is 0 Å². The van der Waals surface area contributed by atoms with Gasteiger partial charge in [-0.25, -0.2) is 4.99 Å². The van der Waals surface area contributed by atoms with Gasteiger partial charge in [0, 0.05) is 12.1 Å². The van der Waals surface area contributed by atoms with Gasteiger partial charge in [0.05, 0.1) is 6.61 Å². The first-order valence-electron chi connectivity index (χ1n) is 7.48. The second-order valence-electron chi connectivity index (χ2n) is 5.41. The molecular weight excluding hydrogens is 284 g/mol. The quantitative estimate of drug-likeness (QED) is 0.670. The summed E-state index contributed by atoms with van der Waals surface area (Å²) in [6.45, 7) is 7.39. The number of amides is 1. The number of hydrogen-bond donors (Lipinski definition) is 1. The fourth-order valence-electron chi connectivity index (χ4n) is 1.79. The van der Waals surface area contributed by atoms with Crippen molar-refractivity contribution < 1.29 is 19.0 Å². The van der Waals surface area contributed by atoms with Crippen molar-refractivity contribution in [3.05, 3.63) is 23.8 Å². The zero-order valence-corrected chi connectivity index (χ0v) is 13.2. The Morgan fingerprint density at radius 1 is 1.36 bits per heavy atom. The van der Waals surface area contributed by atoms with Crippen molar-refractivity contribution in [2.75, 3.05) is 19.9 Å². The maximum absolute atomic E-state index is 12.3. The molecule has 6 nitrogen and oxygen atoms in total. The molecule has 0 spiro atoms. The van der Waals surface area contributed by atoms with Gasteiger partial charge < -0.3 is 14.2 Å². The van der Waals surface area contributed by atoms with Gasteiger partial charge in [0.1, 0.15) is 0 Å². The Hall–Kier alpha value is -2.24. The molecule has 0 radical (unpaired) electrons. The van der Waals surface area contributed by atoms with Gasteiger partial charge in [-0.05, 0) is 30.5 Å². The molecule has 0 aliphatic carbocycles. The number of nitrogens with zero attached hydrogens (tertiary/aromatic N) is 1. The predicted molar refractivity (Wildman–Crippen MR) is 83.4 cm³/mol. The first kappa shape index (κ1) is 16.1. The van der Waals surface area contributed by atoms with Crippen LogP contribution in [-0.4, -0.2) is 31.9 Å². The lowest BCUT2D eigenvalue weighted by atomic mass is 10.2. The van der Waals surface area contributed by atoms with Crippen LogP contribution in [0.25, 0.3) is 0 Å². The number of ether oxygens (including phenoxy) is 3. The Bertz CT molecular complexity index is 555. The molecule has 6 heteroatoms. The SMILES string of the molecule is CCCN=C(NC(=O)c1ccc2c(c1)OCO2)OCC(C)C. The molecule has 120 valence electrons. The minimum absolute atomic E-state index is 0.182. The van der Waals surface area contributed by atoms with Crippen LogP contribution in [0.5, 0.6) is 11.5 Å². The summed E-state index contributed by atoms with van der Waals surface area (Å²) in [5.74, 6) is 1.29. The van der Waals surface area contributed by atoms with Crippen LogP contribution < -0.4 is 14.8 Å².